The molecule has 0 bridgehead atoms. The Morgan fingerprint density at radius 3 is 2.82 bits per heavy atom. The zero-order chi connectivity index (χ0) is 19.9. The quantitative estimate of drug-likeness (QED) is 0.772. The number of carbonyl (C=O) groups excluding carboxylic acids is 2. The zero-order valence-corrected chi connectivity index (χ0v) is 16.5. The zero-order valence-electron chi connectivity index (χ0n) is 16.5. The summed E-state index contributed by atoms with van der Waals surface area (Å²) in [6, 6.07) is 11.0. The number of carbonyl (C=O) groups is 2. The molecule has 0 N–H and O–H groups in total. The molecule has 0 aliphatic carbocycles. The fraction of sp³-hybridized carbons (Fsp3) is 0.409. The number of hydrogen-bond acceptors (Lipinski definition) is 4. The molecule has 1 saturated heterocycles. The van der Waals surface area contributed by atoms with Crippen molar-refractivity contribution in [2.75, 3.05) is 14.2 Å². The van der Waals surface area contributed by atoms with E-state index in [4.69, 9.17) is 4.74 Å². The summed E-state index contributed by atoms with van der Waals surface area (Å²) in [6.45, 7) is 0.886. The fourth-order valence-electron chi connectivity index (χ4n) is 3.61. The minimum absolute atomic E-state index is 0.0259. The SMILES string of the molecule is COc1cccc(CN2C(=O)CCCCC2C(=O)N(C)Cc2cccnc2)c1. The third kappa shape index (κ3) is 4.88. The lowest BCUT2D eigenvalue weighted by molar-refractivity contribution is -0.145. The van der Waals surface area contributed by atoms with Crippen LogP contribution in [0.15, 0.2) is 48.8 Å². The molecule has 3 rings (SSSR count). The van der Waals surface area contributed by atoms with Crippen LogP contribution in [0.5, 0.6) is 5.75 Å². The number of aromatic nitrogens is 1. The van der Waals surface area contributed by atoms with E-state index in [1.54, 1.807) is 36.4 Å². The van der Waals surface area contributed by atoms with Crippen LogP contribution in [0.2, 0.25) is 0 Å². The molecular formula is C22H27N3O3. The van der Waals surface area contributed by atoms with Gasteiger partial charge in [0.25, 0.3) is 0 Å². The van der Waals surface area contributed by atoms with Gasteiger partial charge in [-0.15, -0.1) is 0 Å². The Morgan fingerprint density at radius 1 is 1.25 bits per heavy atom. The number of likely N-dealkylation sites (N-methyl/N-ethyl adjacent to an activating group) is 1. The maximum Gasteiger partial charge on any atom is 0.245 e. The second kappa shape index (κ2) is 9.35. The molecule has 1 aromatic carbocycles. The Hall–Kier alpha value is -2.89. The number of nitrogens with zero attached hydrogens (tertiary/aromatic N) is 3. The Balaban J connectivity index is 1.78. The maximum absolute atomic E-state index is 13.2. The first-order chi connectivity index (χ1) is 13.6. The average Bonchev–Trinajstić information content (AvgIpc) is 2.90. The summed E-state index contributed by atoms with van der Waals surface area (Å²) in [5.74, 6) is 0.756. The molecular weight excluding hydrogens is 354 g/mol. The third-order valence-corrected chi connectivity index (χ3v) is 5.11. The van der Waals surface area contributed by atoms with Crippen molar-refractivity contribution >= 4 is 11.8 Å². The van der Waals surface area contributed by atoms with E-state index in [0.717, 1.165) is 29.7 Å². The molecule has 6 heteroatoms. The predicted octanol–water partition coefficient (Wildman–Crippen LogP) is 3.02. The molecule has 1 fully saturated rings. The van der Waals surface area contributed by atoms with Crippen LogP contribution in [0.4, 0.5) is 0 Å². The summed E-state index contributed by atoms with van der Waals surface area (Å²) in [4.78, 5) is 33.5. The molecule has 0 radical (unpaired) electrons. The van der Waals surface area contributed by atoms with Gasteiger partial charge < -0.3 is 14.5 Å². The summed E-state index contributed by atoms with van der Waals surface area (Å²) < 4.78 is 5.29. The molecule has 1 unspecified atom stereocenters. The van der Waals surface area contributed by atoms with Gasteiger partial charge in [-0.25, -0.2) is 0 Å². The molecule has 0 spiro atoms. The van der Waals surface area contributed by atoms with Crippen LogP contribution >= 0.6 is 0 Å². The molecule has 1 aliphatic heterocycles. The Morgan fingerprint density at radius 2 is 2.07 bits per heavy atom. The van der Waals surface area contributed by atoms with Crippen molar-refractivity contribution in [3.8, 4) is 5.75 Å². The van der Waals surface area contributed by atoms with Gasteiger partial charge in [0, 0.05) is 39.0 Å². The second-order valence-electron chi connectivity index (χ2n) is 7.19. The van der Waals surface area contributed by atoms with Crippen molar-refractivity contribution in [1.29, 1.82) is 0 Å². The van der Waals surface area contributed by atoms with Crippen LogP contribution in [0.25, 0.3) is 0 Å². The van der Waals surface area contributed by atoms with E-state index in [0.29, 0.717) is 25.9 Å². The minimum Gasteiger partial charge on any atom is -0.497 e. The highest BCUT2D eigenvalue weighted by Gasteiger charge is 2.33. The lowest BCUT2D eigenvalue weighted by atomic mass is 10.1. The number of hydrogen-bond donors (Lipinski definition) is 0. The normalized spacial score (nSPS) is 17.1. The van der Waals surface area contributed by atoms with Crippen molar-refractivity contribution in [3.63, 3.8) is 0 Å². The first kappa shape index (κ1) is 19.9. The van der Waals surface area contributed by atoms with Gasteiger partial charge in [0.2, 0.25) is 11.8 Å². The van der Waals surface area contributed by atoms with Crippen LogP contribution in [-0.2, 0) is 22.7 Å². The average molecular weight is 381 g/mol. The van der Waals surface area contributed by atoms with E-state index in [1.165, 1.54) is 0 Å². The van der Waals surface area contributed by atoms with Crippen LogP contribution in [0.3, 0.4) is 0 Å². The Labute approximate surface area is 166 Å². The van der Waals surface area contributed by atoms with E-state index < -0.39 is 6.04 Å². The van der Waals surface area contributed by atoms with E-state index in [-0.39, 0.29) is 11.8 Å². The molecule has 2 aromatic rings. The summed E-state index contributed by atoms with van der Waals surface area (Å²) in [6.07, 6.45) is 6.34. The highest BCUT2D eigenvalue weighted by molar-refractivity contribution is 5.88. The summed E-state index contributed by atoms with van der Waals surface area (Å²) in [5.41, 5.74) is 1.93. The van der Waals surface area contributed by atoms with Gasteiger partial charge in [0.15, 0.2) is 0 Å². The van der Waals surface area contributed by atoms with Crippen molar-refractivity contribution in [2.45, 2.75) is 44.8 Å². The van der Waals surface area contributed by atoms with Crippen molar-refractivity contribution in [3.05, 3.63) is 59.9 Å². The second-order valence-corrected chi connectivity index (χ2v) is 7.19. The molecule has 1 aliphatic rings. The van der Waals surface area contributed by atoms with Crippen LogP contribution < -0.4 is 4.74 Å². The molecule has 2 amide bonds. The summed E-state index contributed by atoms with van der Waals surface area (Å²) >= 11 is 0. The van der Waals surface area contributed by atoms with Gasteiger partial charge in [0.1, 0.15) is 11.8 Å². The van der Waals surface area contributed by atoms with Crippen LogP contribution in [-0.4, -0.2) is 46.8 Å². The Bertz CT molecular complexity index is 810. The van der Waals surface area contributed by atoms with Gasteiger partial charge in [0.05, 0.1) is 7.11 Å². The monoisotopic (exact) mass is 381 g/mol. The van der Waals surface area contributed by atoms with Crippen molar-refractivity contribution in [2.24, 2.45) is 0 Å². The summed E-state index contributed by atoms with van der Waals surface area (Å²) in [7, 11) is 3.41. The van der Waals surface area contributed by atoms with Gasteiger partial charge in [-0.05, 0) is 42.2 Å². The molecule has 0 saturated carbocycles. The number of likely N-dealkylation sites (tertiary alicyclic amines) is 1. The molecule has 2 heterocycles. The standard InChI is InChI=1S/C22H27N3O3/c1-24(15-18-8-6-12-23-14-18)22(27)20-10-3-4-11-21(26)25(20)16-17-7-5-9-19(13-17)28-2/h5-9,12-14,20H,3-4,10-11,15-16H2,1-2H3. The van der Waals surface area contributed by atoms with Gasteiger partial charge in [-0.1, -0.05) is 24.6 Å². The van der Waals surface area contributed by atoms with E-state index in [2.05, 4.69) is 4.98 Å². The van der Waals surface area contributed by atoms with E-state index in [1.807, 2.05) is 36.4 Å². The molecule has 148 valence electrons. The van der Waals surface area contributed by atoms with Gasteiger partial charge >= 0.3 is 0 Å². The van der Waals surface area contributed by atoms with Gasteiger partial charge in [-0.2, -0.15) is 0 Å². The van der Waals surface area contributed by atoms with Gasteiger partial charge in [-0.3, -0.25) is 14.6 Å². The maximum atomic E-state index is 13.2. The highest BCUT2D eigenvalue weighted by atomic mass is 16.5. The minimum atomic E-state index is -0.442. The lowest BCUT2D eigenvalue weighted by Crippen LogP contribution is -2.48. The fourth-order valence-corrected chi connectivity index (χ4v) is 3.61. The van der Waals surface area contributed by atoms with Crippen LogP contribution in [0.1, 0.15) is 36.8 Å². The molecule has 1 aromatic heterocycles. The van der Waals surface area contributed by atoms with E-state index >= 15 is 0 Å². The third-order valence-electron chi connectivity index (χ3n) is 5.11. The highest BCUT2D eigenvalue weighted by Crippen LogP contribution is 2.23. The number of rotatable bonds is 6. The number of ether oxygens (including phenoxy) is 1. The number of amides is 2. The predicted molar refractivity (Wildman–Crippen MR) is 107 cm³/mol. The summed E-state index contributed by atoms with van der Waals surface area (Å²) in [5, 5.41) is 0. The first-order valence-electron chi connectivity index (χ1n) is 9.65. The number of methoxy groups -OCH3 is 1. The van der Waals surface area contributed by atoms with Crippen molar-refractivity contribution < 1.29 is 14.3 Å². The lowest BCUT2D eigenvalue weighted by Gasteiger charge is -2.32. The van der Waals surface area contributed by atoms with Crippen molar-refractivity contribution in [1.82, 2.24) is 14.8 Å². The Kier molecular flexibility index (Phi) is 6.63. The molecule has 1 atom stereocenters. The van der Waals surface area contributed by atoms with Crippen LogP contribution in [0, 0.1) is 0 Å². The van der Waals surface area contributed by atoms with E-state index in [9.17, 15) is 9.59 Å². The largest absolute Gasteiger partial charge is 0.497 e. The number of pyridine rings is 1. The molecule has 6 nitrogen and oxygen atoms in total. The topological polar surface area (TPSA) is 62.7 Å². The molecule has 28 heavy (non-hydrogen) atoms. The first-order valence-corrected chi connectivity index (χ1v) is 9.65. The smallest absolute Gasteiger partial charge is 0.245 e. The number of benzene rings is 1.